The Labute approximate surface area is 424 Å². The van der Waals surface area contributed by atoms with E-state index in [0.717, 1.165) is 49.5 Å². The molecule has 386 valence electrons. The highest BCUT2D eigenvalue weighted by molar-refractivity contribution is 6.23. The zero-order chi connectivity index (χ0) is 49.4. The van der Waals surface area contributed by atoms with Gasteiger partial charge in [-0.25, -0.2) is 0 Å². The Bertz CT molecular complexity index is 2140. The number of ether oxygens (including phenoxy) is 3. The van der Waals surface area contributed by atoms with Crippen LogP contribution in [0.2, 0.25) is 0 Å². The van der Waals surface area contributed by atoms with E-state index in [9.17, 15) is 9.59 Å². The zero-order valence-electron chi connectivity index (χ0n) is 44.5. The minimum atomic E-state index is -0.772. The van der Waals surface area contributed by atoms with Gasteiger partial charge in [0.15, 0.2) is 11.5 Å². The first-order valence-corrected chi connectivity index (χ1v) is 28.8. The van der Waals surface area contributed by atoms with Crippen LogP contribution in [0.5, 0.6) is 17.2 Å². The van der Waals surface area contributed by atoms with Crippen LogP contribution in [0.3, 0.4) is 0 Å². The Balaban J connectivity index is 1.23. The fraction of sp³-hybridized carbons (Fsp3) is 0.619. The monoisotopic (exact) mass is 959 g/mol. The maximum Gasteiger partial charge on any atom is 0.252 e. The summed E-state index contributed by atoms with van der Waals surface area (Å²) in [6.45, 7) is 10.5. The number of rotatable bonds is 41. The first-order chi connectivity index (χ1) is 34.4. The molecule has 0 saturated carbocycles. The van der Waals surface area contributed by atoms with Gasteiger partial charge in [-0.2, -0.15) is 0 Å². The smallest absolute Gasteiger partial charge is 0.252 e. The number of hydrogen-bond acceptors (Lipinski definition) is 5. The lowest BCUT2D eigenvalue weighted by atomic mass is 9.92. The molecule has 0 aromatic heterocycles. The molecule has 70 heavy (non-hydrogen) atoms. The number of carbonyl (C=O) groups is 2. The summed E-state index contributed by atoms with van der Waals surface area (Å²) in [5, 5.41) is 13.3. The Kier molecular flexibility index (Phi) is 27.4. The standard InChI is InChI=1S/C63H94N2O5/c1-5-8-11-14-17-20-23-26-29-32-44-68-57-47-55(63(67)65-50(4)62(66)64-49-54-41-40-53-39-38-51-36-35-37-52-42-43-56(54)60(53)59(51)52)48-58(69-45-33-30-27-24-21-18-15-12-9-6-2)61(57)70-46-34-31-28-25-22-19-16-13-10-7-3/h35-43,47-48,50H,5-34,44-46,49H2,1-4H3,(H,64,66)(H,65,67)/t50-/m0/s1. The van der Waals surface area contributed by atoms with E-state index in [-0.39, 0.29) is 11.8 Å². The van der Waals surface area contributed by atoms with Gasteiger partial charge in [0, 0.05) is 12.1 Å². The van der Waals surface area contributed by atoms with Crippen LogP contribution in [-0.2, 0) is 11.3 Å². The molecule has 0 radical (unpaired) electrons. The van der Waals surface area contributed by atoms with Crippen molar-refractivity contribution in [2.24, 2.45) is 0 Å². The van der Waals surface area contributed by atoms with Gasteiger partial charge in [-0.15, -0.1) is 0 Å². The summed E-state index contributed by atoms with van der Waals surface area (Å²) >= 11 is 0. The molecule has 0 unspecified atom stereocenters. The second-order valence-electron chi connectivity index (χ2n) is 20.4. The van der Waals surface area contributed by atoms with Crippen molar-refractivity contribution in [2.75, 3.05) is 19.8 Å². The van der Waals surface area contributed by atoms with E-state index in [2.05, 4.69) is 86.0 Å². The molecule has 0 heterocycles. The van der Waals surface area contributed by atoms with Crippen molar-refractivity contribution in [2.45, 2.75) is 233 Å². The summed E-state index contributed by atoms with van der Waals surface area (Å²) in [5.74, 6) is 1.08. The van der Waals surface area contributed by atoms with Crippen LogP contribution in [-0.4, -0.2) is 37.7 Å². The Morgan fingerprint density at radius 2 is 0.843 bits per heavy atom. The lowest BCUT2D eigenvalue weighted by Gasteiger charge is -2.20. The van der Waals surface area contributed by atoms with Crippen molar-refractivity contribution >= 4 is 44.1 Å². The average molecular weight is 959 g/mol. The van der Waals surface area contributed by atoms with Crippen LogP contribution in [0.4, 0.5) is 0 Å². The first-order valence-electron chi connectivity index (χ1n) is 28.8. The van der Waals surface area contributed by atoms with Crippen molar-refractivity contribution in [1.82, 2.24) is 10.6 Å². The third-order valence-electron chi connectivity index (χ3n) is 14.4. The molecule has 5 rings (SSSR count). The van der Waals surface area contributed by atoms with E-state index in [1.165, 1.54) is 181 Å². The van der Waals surface area contributed by atoms with E-state index < -0.39 is 6.04 Å². The summed E-state index contributed by atoms with van der Waals surface area (Å²) in [6, 6.07) is 22.1. The molecular formula is C63H94N2O5. The number of carbonyl (C=O) groups excluding carboxylic acids is 2. The summed E-state index contributed by atoms with van der Waals surface area (Å²) in [6.07, 6.45) is 37.5. The van der Waals surface area contributed by atoms with Crippen molar-refractivity contribution in [3.8, 4) is 17.2 Å². The van der Waals surface area contributed by atoms with Crippen LogP contribution < -0.4 is 24.8 Å². The Hall–Kier alpha value is -4.52. The predicted molar refractivity (Wildman–Crippen MR) is 297 cm³/mol. The molecule has 7 heteroatoms. The molecule has 1 atom stereocenters. The number of benzene rings is 5. The fourth-order valence-electron chi connectivity index (χ4n) is 10.0. The predicted octanol–water partition coefficient (Wildman–Crippen LogP) is 17.9. The highest BCUT2D eigenvalue weighted by Crippen LogP contribution is 2.40. The minimum absolute atomic E-state index is 0.245. The second kappa shape index (κ2) is 34.0. The van der Waals surface area contributed by atoms with Gasteiger partial charge in [-0.05, 0) is 76.2 Å². The first kappa shape index (κ1) is 56.4. The van der Waals surface area contributed by atoms with Gasteiger partial charge in [0.05, 0.1) is 19.8 Å². The molecule has 2 amide bonds. The Morgan fingerprint density at radius 1 is 0.457 bits per heavy atom. The highest BCUT2D eigenvalue weighted by Gasteiger charge is 2.23. The largest absolute Gasteiger partial charge is 0.490 e. The molecule has 2 N–H and O–H groups in total. The number of amides is 2. The van der Waals surface area contributed by atoms with E-state index in [0.29, 0.717) is 49.2 Å². The van der Waals surface area contributed by atoms with Gasteiger partial charge >= 0.3 is 0 Å². The molecule has 0 fully saturated rings. The molecule has 0 aliphatic carbocycles. The van der Waals surface area contributed by atoms with Gasteiger partial charge in [0.2, 0.25) is 11.7 Å². The molecule has 7 nitrogen and oxygen atoms in total. The van der Waals surface area contributed by atoms with E-state index in [4.69, 9.17) is 14.2 Å². The summed E-state index contributed by atoms with van der Waals surface area (Å²) in [7, 11) is 0. The normalized spacial score (nSPS) is 12.0. The Morgan fingerprint density at radius 3 is 1.30 bits per heavy atom. The maximum absolute atomic E-state index is 14.2. The van der Waals surface area contributed by atoms with Gasteiger partial charge in [0.1, 0.15) is 6.04 Å². The molecular weight excluding hydrogens is 865 g/mol. The summed E-state index contributed by atoms with van der Waals surface area (Å²) in [5.41, 5.74) is 1.44. The second-order valence-corrected chi connectivity index (χ2v) is 20.4. The molecule has 0 saturated heterocycles. The number of nitrogens with one attached hydrogen (secondary N) is 2. The molecule has 5 aromatic carbocycles. The van der Waals surface area contributed by atoms with Crippen LogP contribution in [0.1, 0.15) is 236 Å². The van der Waals surface area contributed by atoms with Crippen LogP contribution in [0.25, 0.3) is 32.3 Å². The van der Waals surface area contributed by atoms with Crippen molar-refractivity contribution in [1.29, 1.82) is 0 Å². The van der Waals surface area contributed by atoms with Gasteiger partial charge < -0.3 is 24.8 Å². The zero-order valence-corrected chi connectivity index (χ0v) is 44.5. The average Bonchev–Trinajstić information content (AvgIpc) is 3.37. The van der Waals surface area contributed by atoms with E-state index in [1.807, 2.05) is 0 Å². The van der Waals surface area contributed by atoms with Crippen LogP contribution in [0.15, 0.2) is 66.7 Å². The molecule has 5 aromatic rings. The maximum atomic E-state index is 14.2. The van der Waals surface area contributed by atoms with Gasteiger partial charge in [-0.1, -0.05) is 249 Å². The lowest BCUT2D eigenvalue weighted by Crippen LogP contribution is -2.44. The molecule has 0 aliphatic rings. The van der Waals surface area contributed by atoms with E-state index in [1.54, 1.807) is 19.1 Å². The van der Waals surface area contributed by atoms with Gasteiger partial charge in [0.25, 0.3) is 5.91 Å². The molecule has 0 aliphatic heterocycles. The van der Waals surface area contributed by atoms with Crippen molar-refractivity contribution in [3.63, 3.8) is 0 Å². The molecule has 0 bridgehead atoms. The van der Waals surface area contributed by atoms with Crippen molar-refractivity contribution < 1.29 is 23.8 Å². The van der Waals surface area contributed by atoms with Gasteiger partial charge in [-0.3, -0.25) is 9.59 Å². The fourth-order valence-corrected chi connectivity index (χ4v) is 10.0. The third kappa shape index (κ3) is 19.6. The third-order valence-corrected chi connectivity index (χ3v) is 14.4. The summed E-state index contributed by atoms with van der Waals surface area (Å²) in [4.78, 5) is 27.8. The molecule has 0 spiro atoms. The van der Waals surface area contributed by atoms with Crippen LogP contribution in [0, 0.1) is 0 Å². The van der Waals surface area contributed by atoms with Crippen LogP contribution >= 0.6 is 0 Å². The summed E-state index contributed by atoms with van der Waals surface area (Å²) < 4.78 is 19.7. The highest BCUT2D eigenvalue weighted by atomic mass is 16.5. The van der Waals surface area contributed by atoms with E-state index >= 15 is 0 Å². The van der Waals surface area contributed by atoms with Crippen molar-refractivity contribution in [3.05, 3.63) is 77.9 Å². The lowest BCUT2D eigenvalue weighted by molar-refractivity contribution is -0.122. The number of unbranched alkanes of at least 4 members (excludes halogenated alkanes) is 27. The quantitative estimate of drug-likeness (QED) is 0.0301. The SMILES string of the molecule is CCCCCCCCCCCCOc1cc(C(=O)N[C@@H](C)C(=O)NCc2ccc3ccc4cccc5ccc2c3c45)cc(OCCCCCCCCCCCC)c1OCCCCCCCCCCCC. The minimum Gasteiger partial charge on any atom is -0.490 e. The topological polar surface area (TPSA) is 85.9 Å². The number of hydrogen-bond donors (Lipinski definition) is 2.